The summed E-state index contributed by atoms with van der Waals surface area (Å²) in [7, 11) is 0. The fraction of sp³-hybridized carbons (Fsp3) is 0.250. The Morgan fingerprint density at radius 3 is 2.83 bits per heavy atom. The van der Waals surface area contributed by atoms with Gasteiger partial charge in [-0.1, -0.05) is 30.3 Å². The second-order valence-electron chi connectivity index (χ2n) is 5.12. The van der Waals surface area contributed by atoms with Crippen molar-refractivity contribution in [2.24, 2.45) is 5.11 Å². The van der Waals surface area contributed by atoms with Gasteiger partial charge in [-0.2, -0.15) is 0 Å². The number of azide groups is 1. The summed E-state index contributed by atoms with van der Waals surface area (Å²) < 4.78 is 5.77. The molecule has 0 spiro atoms. The van der Waals surface area contributed by atoms with Crippen LogP contribution in [0.15, 0.2) is 53.8 Å². The number of carbonyl (C=O) groups is 1. The molecule has 1 fully saturated rings. The summed E-state index contributed by atoms with van der Waals surface area (Å²) in [6.07, 6.45) is 1.31. The number of hydrogen-bond acceptors (Lipinski definition) is 4. The van der Waals surface area contributed by atoms with E-state index < -0.39 is 0 Å². The normalized spacial score (nSPS) is 17.4. The average molecular weight is 309 g/mol. The Labute approximate surface area is 133 Å². The first-order valence-electron chi connectivity index (χ1n) is 7.25. The Balaban J connectivity index is 1.73. The number of hydrogen-bond donors (Lipinski definition) is 0. The smallest absolute Gasteiger partial charge is 0.255 e. The van der Waals surface area contributed by atoms with E-state index in [-0.39, 0.29) is 17.8 Å². The Bertz CT molecular complexity index is 726. The number of amides is 1. The molecule has 3 rings (SSSR count). The fourth-order valence-corrected chi connectivity index (χ4v) is 2.50. The molecule has 1 aliphatic rings. The van der Waals surface area contributed by atoms with E-state index in [1.54, 1.807) is 11.0 Å². The second kappa shape index (κ2) is 6.91. The standard InChI is InChI=1S/C16H15N5O2/c17-20-19-15-7-6-13(10-18-15)16(22)21-8-9-23-14(11-21)12-4-2-1-3-5-12/h1-7,10,14H,8-9,11H2. The molecule has 2 aromatic rings. The van der Waals surface area contributed by atoms with Crippen LogP contribution in [-0.2, 0) is 4.74 Å². The van der Waals surface area contributed by atoms with Crippen LogP contribution in [0.2, 0.25) is 0 Å². The highest BCUT2D eigenvalue weighted by Crippen LogP contribution is 2.23. The number of aromatic nitrogens is 1. The molecule has 7 nitrogen and oxygen atoms in total. The third kappa shape index (κ3) is 3.48. The number of nitrogens with zero attached hydrogens (tertiary/aromatic N) is 5. The lowest BCUT2D eigenvalue weighted by Gasteiger charge is -2.33. The largest absolute Gasteiger partial charge is 0.370 e. The number of morpholine rings is 1. The molecule has 116 valence electrons. The third-order valence-electron chi connectivity index (χ3n) is 3.67. The maximum atomic E-state index is 12.6. The summed E-state index contributed by atoms with van der Waals surface area (Å²) in [5.41, 5.74) is 9.89. The first-order chi connectivity index (χ1) is 11.3. The van der Waals surface area contributed by atoms with E-state index in [0.717, 1.165) is 5.56 Å². The maximum absolute atomic E-state index is 12.6. The highest BCUT2D eigenvalue weighted by atomic mass is 16.5. The summed E-state index contributed by atoms with van der Waals surface area (Å²) in [6.45, 7) is 1.54. The van der Waals surface area contributed by atoms with Crippen LogP contribution in [0.25, 0.3) is 10.4 Å². The molecule has 1 aromatic heterocycles. The van der Waals surface area contributed by atoms with Gasteiger partial charge in [0, 0.05) is 17.7 Å². The quantitative estimate of drug-likeness (QED) is 0.495. The lowest BCUT2D eigenvalue weighted by molar-refractivity contribution is -0.0228. The zero-order chi connectivity index (χ0) is 16.1. The van der Waals surface area contributed by atoms with Crippen molar-refractivity contribution in [2.75, 3.05) is 19.7 Å². The van der Waals surface area contributed by atoms with Gasteiger partial charge in [-0.15, -0.1) is 0 Å². The molecule has 1 aliphatic heterocycles. The second-order valence-corrected chi connectivity index (χ2v) is 5.12. The lowest BCUT2D eigenvalue weighted by atomic mass is 10.1. The number of carbonyl (C=O) groups excluding carboxylic acids is 1. The molecule has 7 heteroatoms. The molecule has 1 atom stereocenters. The molecule has 1 saturated heterocycles. The average Bonchev–Trinajstić information content (AvgIpc) is 2.63. The highest BCUT2D eigenvalue weighted by molar-refractivity contribution is 5.94. The highest BCUT2D eigenvalue weighted by Gasteiger charge is 2.26. The zero-order valence-corrected chi connectivity index (χ0v) is 12.4. The van der Waals surface area contributed by atoms with Gasteiger partial charge in [0.05, 0.1) is 18.7 Å². The Morgan fingerprint density at radius 2 is 2.13 bits per heavy atom. The van der Waals surface area contributed by atoms with E-state index in [0.29, 0.717) is 25.3 Å². The number of rotatable bonds is 3. The van der Waals surface area contributed by atoms with Crippen LogP contribution in [-0.4, -0.2) is 35.5 Å². The van der Waals surface area contributed by atoms with Crippen molar-refractivity contribution >= 4 is 11.7 Å². The molecule has 0 saturated carbocycles. The zero-order valence-electron chi connectivity index (χ0n) is 12.4. The summed E-state index contributed by atoms with van der Waals surface area (Å²) in [4.78, 5) is 21.0. The Morgan fingerprint density at radius 1 is 1.30 bits per heavy atom. The first kappa shape index (κ1) is 15.0. The minimum absolute atomic E-state index is 0.103. The minimum atomic E-state index is -0.121. The molecule has 0 aliphatic carbocycles. The van der Waals surface area contributed by atoms with Gasteiger partial charge in [0.2, 0.25) is 0 Å². The van der Waals surface area contributed by atoms with Gasteiger partial charge >= 0.3 is 0 Å². The van der Waals surface area contributed by atoms with E-state index in [1.165, 1.54) is 12.3 Å². The monoisotopic (exact) mass is 309 g/mol. The molecular weight excluding hydrogens is 294 g/mol. The van der Waals surface area contributed by atoms with Crippen LogP contribution in [0.3, 0.4) is 0 Å². The first-order valence-corrected chi connectivity index (χ1v) is 7.25. The van der Waals surface area contributed by atoms with Crippen LogP contribution in [0.5, 0.6) is 0 Å². The summed E-state index contributed by atoms with van der Waals surface area (Å²) in [5, 5.41) is 3.40. The van der Waals surface area contributed by atoms with Gasteiger partial charge in [-0.05, 0) is 28.3 Å². The third-order valence-corrected chi connectivity index (χ3v) is 3.67. The molecular formula is C16H15N5O2. The molecule has 1 unspecified atom stereocenters. The van der Waals surface area contributed by atoms with Crippen LogP contribution < -0.4 is 0 Å². The van der Waals surface area contributed by atoms with Gasteiger partial charge in [-0.3, -0.25) is 9.78 Å². The van der Waals surface area contributed by atoms with E-state index >= 15 is 0 Å². The molecule has 0 N–H and O–H groups in total. The summed E-state index contributed by atoms with van der Waals surface area (Å²) in [5.74, 6) is 0.141. The molecule has 2 heterocycles. The summed E-state index contributed by atoms with van der Waals surface area (Å²) in [6, 6.07) is 13.0. The maximum Gasteiger partial charge on any atom is 0.255 e. The predicted octanol–water partition coefficient (Wildman–Crippen LogP) is 3.24. The molecule has 1 amide bonds. The van der Waals surface area contributed by atoms with Crippen LogP contribution in [0.4, 0.5) is 5.82 Å². The van der Waals surface area contributed by atoms with E-state index in [4.69, 9.17) is 10.3 Å². The van der Waals surface area contributed by atoms with Crippen molar-refractivity contribution in [3.8, 4) is 0 Å². The topological polar surface area (TPSA) is 91.2 Å². The van der Waals surface area contributed by atoms with Gasteiger partial charge in [-0.25, -0.2) is 0 Å². The van der Waals surface area contributed by atoms with Crippen molar-refractivity contribution in [1.29, 1.82) is 0 Å². The van der Waals surface area contributed by atoms with Crippen molar-refractivity contribution in [1.82, 2.24) is 9.88 Å². The number of pyridine rings is 1. The van der Waals surface area contributed by atoms with Gasteiger partial charge in [0.15, 0.2) is 0 Å². The van der Waals surface area contributed by atoms with Crippen LogP contribution in [0, 0.1) is 0 Å². The van der Waals surface area contributed by atoms with Crippen molar-refractivity contribution < 1.29 is 9.53 Å². The number of ether oxygens (including phenoxy) is 1. The molecule has 0 radical (unpaired) electrons. The van der Waals surface area contributed by atoms with Gasteiger partial charge in [0.1, 0.15) is 11.9 Å². The molecule has 1 aromatic carbocycles. The number of benzene rings is 1. The summed E-state index contributed by atoms with van der Waals surface area (Å²) >= 11 is 0. The van der Waals surface area contributed by atoms with E-state index in [1.807, 2.05) is 30.3 Å². The molecule has 0 bridgehead atoms. The molecule has 23 heavy (non-hydrogen) atoms. The fourth-order valence-electron chi connectivity index (χ4n) is 2.50. The predicted molar refractivity (Wildman–Crippen MR) is 84.1 cm³/mol. The SMILES string of the molecule is [N-]=[N+]=Nc1ccc(C(=O)N2CCOC(c3ccccc3)C2)cn1. The van der Waals surface area contributed by atoms with Crippen molar-refractivity contribution in [2.45, 2.75) is 6.10 Å². The Kier molecular flexibility index (Phi) is 4.52. The van der Waals surface area contributed by atoms with Gasteiger partial charge < -0.3 is 9.64 Å². The van der Waals surface area contributed by atoms with Crippen LogP contribution in [0.1, 0.15) is 22.0 Å². The van der Waals surface area contributed by atoms with Crippen molar-refractivity contribution in [3.63, 3.8) is 0 Å². The lowest BCUT2D eigenvalue weighted by Crippen LogP contribution is -2.42. The minimum Gasteiger partial charge on any atom is -0.370 e. The van der Waals surface area contributed by atoms with Crippen LogP contribution >= 0.6 is 0 Å². The van der Waals surface area contributed by atoms with Gasteiger partial charge in [0.25, 0.3) is 5.91 Å². The van der Waals surface area contributed by atoms with Crippen molar-refractivity contribution in [3.05, 3.63) is 70.2 Å². The van der Waals surface area contributed by atoms with E-state index in [9.17, 15) is 4.79 Å². The Hall–Kier alpha value is -2.89. The van der Waals surface area contributed by atoms with E-state index in [2.05, 4.69) is 15.0 Å².